The summed E-state index contributed by atoms with van der Waals surface area (Å²) in [4.78, 5) is 30.0. The lowest BCUT2D eigenvalue weighted by molar-refractivity contribution is -0.126. The highest BCUT2D eigenvalue weighted by Crippen LogP contribution is 2.36. The van der Waals surface area contributed by atoms with Gasteiger partial charge in [-0.05, 0) is 56.9 Å². The molecule has 3 aliphatic heterocycles. The van der Waals surface area contributed by atoms with Crippen molar-refractivity contribution in [3.05, 3.63) is 60.3 Å². The SMILES string of the molecule is C=CC(=O)N1CCN(c2nc(OC)nc3c2CCN(c2cc(O)cc4ccccc24)C3)CC1.CN1CCCC1. The Morgan fingerprint density at radius 2 is 1.74 bits per heavy atom. The van der Waals surface area contributed by atoms with Crippen LogP contribution in [-0.4, -0.2) is 90.8 Å². The number of methoxy groups -OCH3 is 1. The summed E-state index contributed by atoms with van der Waals surface area (Å²) in [6.45, 7) is 10.3. The van der Waals surface area contributed by atoms with E-state index in [-0.39, 0.29) is 11.7 Å². The van der Waals surface area contributed by atoms with Crippen molar-refractivity contribution in [2.45, 2.75) is 25.8 Å². The van der Waals surface area contributed by atoms with Crippen LogP contribution in [0.2, 0.25) is 0 Å². The molecule has 1 N–H and O–H groups in total. The molecule has 0 bridgehead atoms. The third-order valence-electron chi connectivity index (χ3n) is 7.77. The zero-order valence-corrected chi connectivity index (χ0v) is 23.0. The van der Waals surface area contributed by atoms with Gasteiger partial charge in [-0.2, -0.15) is 9.97 Å². The van der Waals surface area contributed by atoms with E-state index in [0.29, 0.717) is 38.7 Å². The Kier molecular flexibility index (Phi) is 8.16. The molecule has 0 unspecified atom stereocenters. The number of piperazine rings is 1. The van der Waals surface area contributed by atoms with E-state index in [1.807, 2.05) is 29.2 Å². The van der Waals surface area contributed by atoms with E-state index < -0.39 is 0 Å². The molecular weight excluding hydrogens is 492 g/mol. The maximum atomic E-state index is 12.0. The molecule has 39 heavy (non-hydrogen) atoms. The van der Waals surface area contributed by atoms with Crippen molar-refractivity contribution < 1.29 is 14.6 Å². The Labute approximate surface area is 230 Å². The third-order valence-corrected chi connectivity index (χ3v) is 7.77. The second kappa shape index (κ2) is 11.9. The van der Waals surface area contributed by atoms with Gasteiger partial charge in [0.05, 0.1) is 19.3 Å². The van der Waals surface area contributed by atoms with Crippen molar-refractivity contribution in [1.29, 1.82) is 0 Å². The number of aromatic nitrogens is 2. The number of ether oxygens (including phenoxy) is 1. The number of aromatic hydroxyl groups is 1. The van der Waals surface area contributed by atoms with E-state index in [0.717, 1.165) is 46.5 Å². The number of carbonyl (C=O) groups is 1. The fraction of sp³-hybridized carbons (Fsp3) is 0.433. The molecule has 0 spiro atoms. The highest BCUT2D eigenvalue weighted by atomic mass is 16.5. The molecule has 2 aromatic carbocycles. The van der Waals surface area contributed by atoms with Gasteiger partial charge in [0.1, 0.15) is 11.6 Å². The average Bonchev–Trinajstić information content (AvgIpc) is 3.46. The number of hydrogen-bond acceptors (Lipinski definition) is 8. The maximum Gasteiger partial charge on any atom is 0.318 e. The van der Waals surface area contributed by atoms with Crippen LogP contribution < -0.4 is 14.5 Å². The fourth-order valence-corrected chi connectivity index (χ4v) is 5.63. The average molecular weight is 531 g/mol. The summed E-state index contributed by atoms with van der Waals surface area (Å²) in [6, 6.07) is 12.0. The standard InChI is InChI=1S/C25H27N5O3.C5H11N/c1-3-23(32)28-10-12-29(13-11-28)24-20-8-9-30(16-21(20)26-25(27-24)33-2)22-15-18(31)14-17-6-4-5-7-19(17)22;1-6-4-2-3-5-6/h3-7,14-15,31H,1,8-13,16H2,2H3;2-5H2,1H3. The first-order valence-corrected chi connectivity index (χ1v) is 13.7. The minimum atomic E-state index is -0.0362. The molecule has 0 atom stereocenters. The number of phenolic OH excluding ortho intramolecular Hbond substituents is 1. The van der Waals surface area contributed by atoms with Gasteiger partial charge in [0.2, 0.25) is 5.91 Å². The lowest BCUT2D eigenvalue weighted by Gasteiger charge is -2.38. The van der Waals surface area contributed by atoms with Crippen molar-refractivity contribution in [3.63, 3.8) is 0 Å². The Balaban J connectivity index is 0.000000455. The number of phenols is 1. The smallest absolute Gasteiger partial charge is 0.318 e. The topological polar surface area (TPSA) is 85.3 Å². The molecule has 1 amide bonds. The number of nitrogens with zero attached hydrogens (tertiary/aromatic N) is 6. The number of likely N-dealkylation sites (tertiary alicyclic amines) is 1. The molecule has 0 radical (unpaired) electrons. The predicted octanol–water partition coefficient (Wildman–Crippen LogP) is 3.45. The number of rotatable bonds is 4. The summed E-state index contributed by atoms with van der Waals surface area (Å²) in [6.07, 6.45) is 4.97. The number of benzene rings is 2. The summed E-state index contributed by atoms with van der Waals surface area (Å²) in [5.41, 5.74) is 3.05. The molecule has 3 aliphatic rings. The number of amides is 1. The van der Waals surface area contributed by atoms with Crippen LogP contribution in [0.1, 0.15) is 24.1 Å². The summed E-state index contributed by atoms with van der Waals surface area (Å²) in [5, 5.41) is 12.4. The first-order chi connectivity index (χ1) is 19.0. The van der Waals surface area contributed by atoms with E-state index in [2.05, 4.69) is 39.4 Å². The summed E-state index contributed by atoms with van der Waals surface area (Å²) >= 11 is 0. The molecule has 6 rings (SSSR count). The Bertz CT molecular complexity index is 1330. The molecule has 0 aliphatic carbocycles. The van der Waals surface area contributed by atoms with Crippen molar-refractivity contribution in [2.75, 3.05) is 69.8 Å². The van der Waals surface area contributed by atoms with Gasteiger partial charge in [-0.25, -0.2) is 0 Å². The van der Waals surface area contributed by atoms with Crippen LogP contribution in [0.15, 0.2) is 49.1 Å². The third kappa shape index (κ3) is 5.93. The molecule has 3 aromatic rings. The second-order valence-electron chi connectivity index (χ2n) is 10.3. The van der Waals surface area contributed by atoms with E-state index in [1.54, 1.807) is 13.2 Å². The van der Waals surface area contributed by atoms with Crippen LogP contribution in [-0.2, 0) is 17.8 Å². The molecule has 206 valence electrons. The number of fused-ring (bicyclic) bond motifs is 2. The molecule has 0 saturated carbocycles. The van der Waals surface area contributed by atoms with Crippen molar-refractivity contribution in [1.82, 2.24) is 19.8 Å². The lowest BCUT2D eigenvalue weighted by Crippen LogP contribution is -2.49. The Hall–Kier alpha value is -3.85. The molecule has 1 aromatic heterocycles. The molecule has 9 nitrogen and oxygen atoms in total. The summed E-state index contributed by atoms with van der Waals surface area (Å²) < 4.78 is 5.43. The van der Waals surface area contributed by atoms with Gasteiger partial charge in [-0.1, -0.05) is 30.8 Å². The van der Waals surface area contributed by atoms with Crippen molar-refractivity contribution in [2.24, 2.45) is 0 Å². The van der Waals surface area contributed by atoms with Crippen LogP contribution in [0, 0.1) is 0 Å². The van der Waals surface area contributed by atoms with Gasteiger partial charge in [0, 0.05) is 55.4 Å². The minimum Gasteiger partial charge on any atom is -0.508 e. The van der Waals surface area contributed by atoms with Crippen molar-refractivity contribution >= 4 is 28.2 Å². The van der Waals surface area contributed by atoms with Gasteiger partial charge in [-0.3, -0.25) is 4.79 Å². The Morgan fingerprint density at radius 3 is 2.41 bits per heavy atom. The van der Waals surface area contributed by atoms with Gasteiger partial charge in [-0.15, -0.1) is 0 Å². The van der Waals surface area contributed by atoms with Crippen LogP contribution in [0.5, 0.6) is 11.8 Å². The number of anilines is 2. The van der Waals surface area contributed by atoms with Crippen LogP contribution >= 0.6 is 0 Å². The fourth-order valence-electron chi connectivity index (χ4n) is 5.63. The van der Waals surface area contributed by atoms with Crippen molar-refractivity contribution in [3.8, 4) is 11.8 Å². The van der Waals surface area contributed by atoms with E-state index >= 15 is 0 Å². The zero-order chi connectivity index (χ0) is 27.4. The highest BCUT2D eigenvalue weighted by molar-refractivity contribution is 5.95. The molecule has 2 saturated heterocycles. The van der Waals surface area contributed by atoms with Gasteiger partial charge < -0.3 is 29.4 Å². The maximum absolute atomic E-state index is 12.0. The monoisotopic (exact) mass is 530 g/mol. The highest BCUT2D eigenvalue weighted by Gasteiger charge is 2.29. The zero-order valence-electron chi connectivity index (χ0n) is 23.0. The van der Waals surface area contributed by atoms with Crippen LogP contribution in [0.25, 0.3) is 10.8 Å². The van der Waals surface area contributed by atoms with E-state index in [1.165, 1.54) is 32.0 Å². The summed E-state index contributed by atoms with van der Waals surface area (Å²) in [5.74, 6) is 1.11. The van der Waals surface area contributed by atoms with Gasteiger partial charge in [0.25, 0.3) is 0 Å². The molecule has 9 heteroatoms. The summed E-state index contributed by atoms with van der Waals surface area (Å²) in [7, 11) is 3.75. The minimum absolute atomic E-state index is 0.0362. The van der Waals surface area contributed by atoms with Crippen LogP contribution in [0.3, 0.4) is 0 Å². The molecular formula is C30H38N6O3. The molecule has 4 heterocycles. The molecule has 2 fully saturated rings. The van der Waals surface area contributed by atoms with E-state index in [9.17, 15) is 9.90 Å². The number of hydrogen-bond donors (Lipinski definition) is 1. The quantitative estimate of drug-likeness (QED) is 0.514. The predicted molar refractivity (Wildman–Crippen MR) is 155 cm³/mol. The first kappa shape index (κ1) is 26.7. The lowest BCUT2D eigenvalue weighted by atomic mass is 10.0. The first-order valence-electron chi connectivity index (χ1n) is 13.7. The Morgan fingerprint density at radius 1 is 1.00 bits per heavy atom. The number of carbonyl (C=O) groups excluding carboxylic acids is 1. The van der Waals surface area contributed by atoms with Gasteiger partial charge >= 0.3 is 6.01 Å². The van der Waals surface area contributed by atoms with Gasteiger partial charge in [0.15, 0.2) is 0 Å². The largest absolute Gasteiger partial charge is 0.508 e. The second-order valence-corrected chi connectivity index (χ2v) is 10.3. The van der Waals surface area contributed by atoms with E-state index in [4.69, 9.17) is 9.72 Å². The normalized spacial score (nSPS) is 17.4. The van der Waals surface area contributed by atoms with Crippen LogP contribution in [0.4, 0.5) is 11.5 Å².